The fourth-order valence-electron chi connectivity index (χ4n) is 8.47. The molecule has 2 aliphatic heterocycles. The fourth-order valence-corrected chi connectivity index (χ4v) is 8.47. The Balaban J connectivity index is 1.24. The van der Waals surface area contributed by atoms with Crippen molar-refractivity contribution in [1.29, 1.82) is 0 Å². The Bertz CT molecular complexity index is 1950. The number of carbonyl (C=O) groups excluding carboxylic acids is 4. The number of imide groups is 2. The summed E-state index contributed by atoms with van der Waals surface area (Å²) in [7, 11) is 0. The van der Waals surface area contributed by atoms with Gasteiger partial charge >= 0.3 is 0 Å². The Kier molecular flexibility index (Phi) is 5.95. The number of allylic oxidation sites excluding steroid dienone is 4. The van der Waals surface area contributed by atoms with E-state index < -0.39 is 74.9 Å². The van der Waals surface area contributed by atoms with Gasteiger partial charge in [-0.2, -0.15) is 0 Å². The predicted octanol–water partition coefficient (Wildman–Crippen LogP) is 4.70. The van der Waals surface area contributed by atoms with E-state index in [9.17, 15) is 39.4 Å². The molecule has 1 saturated carbocycles. The molecule has 0 spiro atoms. The number of hydrogen-bond acceptors (Lipinski definition) is 8. The van der Waals surface area contributed by atoms with E-state index in [4.69, 9.17) is 0 Å². The average Bonchev–Trinajstić information content (AvgIpc) is 3.50. The Morgan fingerprint density at radius 3 is 1.67 bits per heavy atom. The number of non-ortho nitro benzene ring substituents is 2. The topological polar surface area (TPSA) is 161 Å². The molecule has 9 rings (SSSR count). The van der Waals surface area contributed by atoms with Crippen LogP contribution in [0.25, 0.3) is 5.57 Å². The molecule has 0 aromatic heterocycles. The molecular formula is C34H24N4O8. The molecule has 0 N–H and O–H groups in total. The van der Waals surface area contributed by atoms with Crippen LogP contribution in [0.2, 0.25) is 0 Å². The number of nitro groups is 2. The first kappa shape index (κ1) is 27.7. The SMILES string of the molecule is O=C1[C@@H]2[C@H]3C=C[C@H](C4=C(c5ccccc5)C[C@H]5C(=O)N(c6ccc([N+](=O)[O-])cc6)C(=O)[C@@H]5[C@H]43)[C@H]2C(=O)N1c1ccc([N+](=O)[O-])cc1. The first-order valence-electron chi connectivity index (χ1n) is 14.9. The molecule has 4 aliphatic carbocycles. The minimum Gasteiger partial charge on any atom is -0.274 e. The highest BCUT2D eigenvalue weighted by atomic mass is 16.6. The molecule has 12 nitrogen and oxygen atoms in total. The summed E-state index contributed by atoms with van der Waals surface area (Å²) in [6, 6.07) is 20.1. The number of benzene rings is 3. The van der Waals surface area contributed by atoms with Crippen molar-refractivity contribution in [3.8, 4) is 0 Å². The number of hydrogen-bond donors (Lipinski definition) is 0. The zero-order valence-electron chi connectivity index (χ0n) is 24.0. The normalized spacial score (nSPS) is 29.3. The largest absolute Gasteiger partial charge is 0.274 e. The van der Waals surface area contributed by atoms with E-state index in [2.05, 4.69) is 0 Å². The van der Waals surface area contributed by atoms with Crippen molar-refractivity contribution < 1.29 is 29.0 Å². The summed E-state index contributed by atoms with van der Waals surface area (Å²) in [6.45, 7) is 0. The first-order valence-corrected chi connectivity index (χ1v) is 14.9. The molecule has 2 heterocycles. The monoisotopic (exact) mass is 616 g/mol. The molecule has 3 aromatic rings. The van der Waals surface area contributed by atoms with E-state index in [1.807, 2.05) is 42.5 Å². The lowest BCUT2D eigenvalue weighted by molar-refractivity contribution is -0.385. The van der Waals surface area contributed by atoms with Gasteiger partial charge in [0.1, 0.15) is 0 Å². The van der Waals surface area contributed by atoms with Crippen molar-refractivity contribution in [3.63, 3.8) is 0 Å². The number of nitrogens with zero attached hydrogens (tertiary/aromatic N) is 4. The number of anilines is 2. The van der Waals surface area contributed by atoms with Crippen molar-refractivity contribution >= 4 is 52.0 Å². The van der Waals surface area contributed by atoms with E-state index >= 15 is 0 Å². The van der Waals surface area contributed by atoms with Crippen LogP contribution >= 0.6 is 0 Å². The summed E-state index contributed by atoms with van der Waals surface area (Å²) in [6.07, 6.45) is 4.11. The lowest BCUT2D eigenvalue weighted by Crippen LogP contribution is -2.51. The zero-order chi connectivity index (χ0) is 32.0. The third-order valence-electron chi connectivity index (χ3n) is 10.3. The van der Waals surface area contributed by atoms with Gasteiger partial charge in [-0.05, 0) is 47.7 Å². The average molecular weight is 617 g/mol. The van der Waals surface area contributed by atoms with Gasteiger partial charge in [0.25, 0.3) is 11.4 Å². The second kappa shape index (κ2) is 9.86. The van der Waals surface area contributed by atoms with Crippen LogP contribution < -0.4 is 9.80 Å². The van der Waals surface area contributed by atoms with Crippen molar-refractivity contribution in [3.05, 3.63) is 122 Å². The van der Waals surface area contributed by atoms with Gasteiger partial charge in [0.05, 0.1) is 44.9 Å². The van der Waals surface area contributed by atoms with Gasteiger partial charge in [-0.25, -0.2) is 4.90 Å². The van der Waals surface area contributed by atoms with Gasteiger partial charge in [-0.3, -0.25) is 44.3 Å². The molecule has 12 heteroatoms. The third kappa shape index (κ3) is 3.73. The molecule has 2 saturated heterocycles. The van der Waals surface area contributed by atoms with E-state index in [0.717, 1.165) is 26.5 Å². The summed E-state index contributed by atoms with van der Waals surface area (Å²) < 4.78 is 0. The molecule has 228 valence electrons. The number of fused-ring (bicyclic) bond motifs is 1. The summed E-state index contributed by atoms with van der Waals surface area (Å²) in [5.41, 5.74) is 2.78. The van der Waals surface area contributed by atoms with E-state index in [0.29, 0.717) is 0 Å². The van der Waals surface area contributed by atoms with Gasteiger partial charge < -0.3 is 0 Å². The Morgan fingerprint density at radius 1 is 0.587 bits per heavy atom. The predicted molar refractivity (Wildman–Crippen MR) is 163 cm³/mol. The summed E-state index contributed by atoms with van der Waals surface area (Å²) in [5.74, 6) is -6.26. The minimum absolute atomic E-state index is 0.168. The van der Waals surface area contributed by atoms with Crippen molar-refractivity contribution in [2.75, 3.05) is 9.80 Å². The maximum absolute atomic E-state index is 14.3. The van der Waals surface area contributed by atoms with Crippen LogP contribution in [0.1, 0.15) is 12.0 Å². The number of rotatable bonds is 5. The Morgan fingerprint density at radius 2 is 1.11 bits per heavy atom. The van der Waals surface area contributed by atoms with E-state index in [1.165, 1.54) is 48.5 Å². The van der Waals surface area contributed by atoms with E-state index in [1.54, 1.807) is 0 Å². The number of nitro benzene ring substituents is 2. The molecule has 46 heavy (non-hydrogen) atoms. The maximum atomic E-state index is 14.3. The van der Waals surface area contributed by atoms with Crippen LogP contribution in [0.5, 0.6) is 0 Å². The lowest BCUT2D eigenvalue weighted by atomic mass is 9.49. The van der Waals surface area contributed by atoms with Crippen LogP contribution in [-0.2, 0) is 19.2 Å². The molecule has 3 fully saturated rings. The molecule has 4 amide bonds. The third-order valence-corrected chi connectivity index (χ3v) is 10.3. The van der Waals surface area contributed by atoms with E-state index in [-0.39, 0.29) is 29.2 Å². The zero-order valence-corrected chi connectivity index (χ0v) is 24.0. The van der Waals surface area contributed by atoms with Gasteiger partial charge in [0.15, 0.2) is 0 Å². The quantitative estimate of drug-likeness (QED) is 0.172. The van der Waals surface area contributed by atoms with Gasteiger partial charge in [-0.15, -0.1) is 0 Å². The van der Waals surface area contributed by atoms with Crippen molar-refractivity contribution in [1.82, 2.24) is 0 Å². The Hall–Kier alpha value is -5.78. The molecule has 2 bridgehead atoms. The second-order valence-corrected chi connectivity index (χ2v) is 12.3. The highest BCUT2D eigenvalue weighted by Crippen LogP contribution is 2.63. The van der Waals surface area contributed by atoms with Crippen LogP contribution in [-0.4, -0.2) is 33.5 Å². The summed E-state index contributed by atoms with van der Waals surface area (Å²) in [5, 5.41) is 22.4. The molecular weight excluding hydrogens is 592 g/mol. The smallest absolute Gasteiger partial charge is 0.269 e. The van der Waals surface area contributed by atoms with Gasteiger partial charge in [0.2, 0.25) is 23.6 Å². The first-order chi connectivity index (χ1) is 22.2. The number of carbonyl (C=O) groups is 4. The van der Waals surface area contributed by atoms with Crippen molar-refractivity contribution in [2.24, 2.45) is 41.4 Å². The second-order valence-electron chi connectivity index (χ2n) is 12.3. The maximum Gasteiger partial charge on any atom is 0.269 e. The fraction of sp³-hybridized carbons (Fsp3) is 0.235. The molecule has 7 atom stereocenters. The minimum atomic E-state index is -0.792. The molecule has 0 radical (unpaired) electrons. The van der Waals surface area contributed by atoms with Crippen molar-refractivity contribution in [2.45, 2.75) is 6.42 Å². The molecule has 6 aliphatic rings. The van der Waals surface area contributed by atoms with Gasteiger partial charge in [0, 0.05) is 36.1 Å². The van der Waals surface area contributed by atoms with Crippen LogP contribution in [0.3, 0.4) is 0 Å². The molecule has 0 unspecified atom stereocenters. The van der Waals surface area contributed by atoms with Gasteiger partial charge in [-0.1, -0.05) is 48.1 Å². The Labute approximate surface area is 260 Å². The van der Waals surface area contributed by atoms with Crippen LogP contribution in [0.15, 0.2) is 96.6 Å². The summed E-state index contributed by atoms with van der Waals surface area (Å²) >= 11 is 0. The standard InChI is InChI=1S/C34H24N4O8/c39-31-25-16-24(17-4-2-1-3-5-17)26-22-14-15-23(27(26)30(25)34(42)35(31)18-6-10-20(11-7-18)37(43)44)29-28(22)32(40)36(33(29)41)19-8-12-21(13-9-19)38(45)46/h1-15,22-23,25,27-30H,16H2/t22-,23+,25-,27+,28-,29-,30+/m1/s1. The van der Waals surface area contributed by atoms with Crippen LogP contribution in [0.4, 0.5) is 22.7 Å². The lowest BCUT2D eigenvalue weighted by Gasteiger charge is -2.51. The molecule has 3 aromatic carbocycles. The highest BCUT2D eigenvalue weighted by Gasteiger charge is 2.67. The number of amides is 4. The highest BCUT2D eigenvalue weighted by molar-refractivity contribution is 6.24. The van der Waals surface area contributed by atoms with Crippen LogP contribution in [0, 0.1) is 61.7 Å². The summed E-state index contributed by atoms with van der Waals surface area (Å²) in [4.78, 5) is 80.0.